The number of esters is 1. The molecule has 1 aromatic heterocycles. The van der Waals surface area contributed by atoms with E-state index in [4.69, 9.17) is 4.74 Å². The molecule has 0 radical (unpaired) electrons. The second kappa shape index (κ2) is 6.72. The maximum atomic E-state index is 12.4. The minimum Gasteiger partial charge on any atom is -0.454 e. The van der Waals surface area contributed by atoms with Gasteiger partial charge < -0.3 is 9.30 Å². The van der Waals surface area contributed by atoms with Crippen LogP contribution in [0.3, 0.4) is 0 Å². The first kappa shape index (κ1) is 18.4. The third-order valence-corrected chi connectivity index (χ3v) is 5.68. The highest BCUT2D eigenvalue weighted by atomic mass is 32.2. The van der Waals surface area contributed by atoms with Gasteiger partial charge in [-0.2, -0.15) is 0 Å². The summed E-state index contributed by atoms with van der Waals surface area (Å²) >= 11 is 0. The lowest BCUT2D eigenvalue weighted by Gasteiger charge is -2.08. The predicted octanol–water partition coefficient (Wildman–Crippen LogP) is 2.88. The van der Waals surface area contributed by atoms with Crippen molar-refractivity contribution in [2.75, 3.05) is 12.9 Å². The normalized spacial score (nSPS) is 14.3. The minimum absolute atomic E-state index is 0.123. The fraction of sp³-hybridized carbons (Fsp3) is 0.368. The van der Waals surface area contributed by atoms with Gasteiger partial charge in [0.25, 0.3) is 0 Å². The monoisotopic (exact) mass is 375 g/mol. The molecule has 0 aliphatic heterocycles. The van der Waals surface area contributed by atoms with Crippen molar-refractivity contribution in [2.24, 2.45) is 0 Å². The van der Waals surface area contributed by atoms with Crippen molar-refractivity contribution >= 4 is 21.6 Å². The molecule has 6 nitrogen and oxygen atoms in total. The van der Waals surface area contributed by atoms with Gasteiger partial charge >= 0.3 is 5.97 Å². The molecule has 138 valence electrons. The topological polar surface area (TPSA) is 82.4 Å². The number of ether oxygens (including phenoxy) is 1. The Balaban J connectivity index is 1.66. The van der Waals surface area contributed by atoms with Gasteiger partial charge in [-0.1, -0.05) is 0 Å². The van der Waals surface area contributed by atoms with Crippen molar-refractivity contribution in [3.8, 4) is 0 Å². The van der Waals surface area contributed by atoms with Crippen molar-refractivity contribution in [2.45, 2.75) is 37.6 Å². The number of aromatic nitrogens is 1. The van der Waals surface area contributed by atoms with E-state index in [1.807, 2.05) is 19.9 Å². The van der Waals surface area contributed by atoms with Crippen LogP contribution >= 0.6 is 0 Å². The Labute approximate surface area is 152 Å². The molecule has 1 aliphatic carbocycles. The third kappa shape index (κ3) is 3.72. The van der Waals surface area contributed by atoms with E-state index in [0.29, 0.717) is 11.6 Å². The van der Waals surface area contributed by atoms with Gasteiger partial charge in [0.05, 0.1) is 10.5 Å². The Morgan fingerprint density at radius 1 is 1.15 bits per heavy atom. The molecule has 1 aliphatic rings. The first-order valence-corrected chi connectivity index (χ1v) is 10.3. The lowest BCUT2D eigenvalue weighted by atomic mass is 10.1. The number of carbonyl (C=O) groups excluding carboxylic acids is 2. The summed E-state index contributed by atoms with van der Waals surface area (Å²) in [4.78, 5) is 24.6. The van der Waals surface area contributed by atoms with Crippen molar-refractivity contribution in [3.05, 3.63) is 52.8 Å². The second-order valence-corrected chi connectivity index (χ2v) is 8.70. The molecule has 0 bridgehead atoms. The molecule has 7 heteroatoms. The number of hydrogen-bond acceptors (Lipinski definition) is 5. The summed E-state index contributed by atoms with van der Waals surface area (Å²) in [6.45, 7) is 3.53. The van der Waals surface area contributed by atoms with E-state index in [2.05, 4.69) is 4.57 Å². The maximum Gasteiger partial charge on any atom is 0.338 e. The van der Waals surface area contributed by atoms with Crippen LogP contribution in [0.5, 0.6) is 0 Å². The predicted molar refractivity (Wildman–Crippen MR) is 96.3 cm³/mol. The van der Waals surface area contributed by atoms with Crippen LogP contribution in [0.2, 0.25) is 0 Å². The van der Waals surface area contributed by atoms with Gasteiger partial charge in [-0.25, -0.2) is 13.2 Å². The van der Waals surface area contributed by atoms with Crippen molar-refractivity contribution in [1.82, 2.24) is 4.57 Å². The van der Waals surface area contributed by atoms with Crippen LogP contribution in [0.1, 0.15) is 51.0 Å². The molecule has 1 fully saturated rings. The average molecular weight is 375 g/mol. The summed E-state index contributed by atoms with van der Waals surface area (Å²) in [5.41, 5.74) is 2.72. The fourth-order valence-corrected chi connectivity index (χ4v) is 3.71. The number of nitrogens with zero attached hydrogens (tertiary/aromatic N) is 1. The highest BCUT2D eigenvalue weighted by Crippen LogP contribution is 2.38. The van der Waals surface area contributed by atoms with E-state index in [9.17, 15) is 18.0 Å². The number of rotatable bonds is 6. The SMILES string of the molecule is Cc1cc(C(=O)COC(=O)c2ccc(S(C)(=O)=O)cc2)c(C)n1C1CC1. The molecule has 1 heterocycles. The second-order valence-electron chi connectivity index (χ2n) is 6.68. The lowest BCUT2D eigenvalue weighted by Crippen LogP contribution is -2.15. The number of Topliss-reactive ketones (excluding diaryl/α,β-unsaturated/α-hetero) is 1. The number of ketones is 1. The number of hydrogen-bond donors (Lipinski definition) is 0. The first-order chi connectivity index (χ1) is 12.2. The largest absolute Gasteiger partial charge is 0.454 e. The van der Waals surface area contributed by atoms with Gasteiger partial charge in [-0.15, -0.1) is 0 Å². The van der Waals surface area contributed by atoms with Gasteiger partial charge in [-0.3, -0.25) is 4.79 Å². The van der Waals surface area contributed by atoms with Crippen LogP contribution in [0, 0.1) is 13.8 Å². The molecule has 0 spiro atoms. The number of benzene rings is 1. The summed E-state index contributed by atoms with van der Waals surface area (Å²) in [6, 6.07) is 7.76. The quantitative estimate of drug-likeness (QED) is 0.573. The van der Waals surface area contributed by atoms with E-state index in [-0.39, 0.29) is 22.8 Å². The smallest absolute Gasteiger partial charge is 0.338 e. The van der Waals surface area contributed by atoms with Gasteiger partial charge in [0.15, 0.2) is 16.4 Å². The summed E-state index contributed by atoms with van der Waals surface area (Å²) in [7, 11) is -3.32. The Kier molecular flexibility index (Phi) is 4.75. The average Bonchev–Trinajstić information content (AvgIpc) is 3.37. The number of sulfone groups is 1. The van der Waals surface area contributed by atoms with E-state index < -0.39 is 15.8 Å². The molecule has 2 aromatic rings. The van der Waals surface area contributed by atoms with E-state index >= 15 is 0 Å². The highest BCUT2D eigenvalue weighted by molar-refractivity contribution is 7.90. The van der Waals surface area contributed by atoms with E-state index in [0.717, 1.165) is 30.5 Å². The van der Waals surface area contributed by atoms with E-state index in [1.165, 1.54) is 24.3 Å². The Bertz CT molecular complexity index is 966. The van der Waals surface area contributed by atoms with Crippen molar-refractivity contribution < 1.29 is 22.7 Å². The summed E-state index contributed by atoms with van der Waals surface area (Å²) in [5, 5.41) is 0. The van der Waals surface area contributed by atoms with Gasteiger partial charge in [-0.05, 0) is 57.0 Å². The first-order valence-electron chi connectivity index (χ1n) is 8.37. The molecule has 0 atom stereocenters. The third-order valence-electron chi connectivity index (χ3n) is 4.55. The lowest BCUT2D eigenvalue weighted by molar-refractivity contribution is 0.0474. The molecule has 3 rings (SSSR count). The van der Waals surface area contributed by atoms with Gasteiger partial charge in [0.1, 0.15) is 0 Å². The minimum atomic E-state index is -3.32. The molecule has 0 saturated heterocycles. The standard InChI is InChI=1S/C19H21NO5S/c1-12-10-17(13(2)20(12)15-6-7-15)18(21)11-25-19(22)14-4-8-16(9-5-14)26(3,23)24/h4-5,8-10,15H,6-7,11H2,1-3H3. The molecule has 1 aromatic carbocycles. The van der Waals surface area contributed by atoms with Gasteiger partial charge in [0.2, 0.25) is 5.78 Å². The maximum absolute atomic E-state index is 12.4. The van der Waals surface area contributed by atoms with Crippen molar-refractivity contribution in [3.63, 3.8) is 0 Å². The molecule has 1 saturated carbocycles. The van der Waals surface area contributed by atoms with E-state index in [1.54, 1.807) is 0 Å². The van der Waals surface area contributed by atoms with Gasteiger partial charge in [0, 0.05) is 29.2 Å². The fourth-order valence-electron chi connectivity index (χ4n) is 3.08. The van der Waals surface area contributed by atoms with Crippen LogP contribution in [0.15, 0.2) is 35.2 Å². The number of aryl methyl sites for hydroxylation is 1. The Morgan fingerprint density at radius 3 is 2.31 bits per heavy atom. The van der Waals surface area contributed by atoms with Crippen molar-refractivity contribution in [1.29, 1.82) is 0 Å². The zero-order valence-electron chi connectivity index (χ0n) is 15.0. The molecular formula is C19H21NO5S. The van der Waals surface area contributed by atoms with Crippen LogP contribution in [0.4, 0.5) is 0 Å². The molecule has 0 N–H and O–H groups in total. The molecule has 0 amide bonds. The summed E-state index contributed by atoms with van der Waals surface area (Å²) in [5.74, 6) is -0.902. The zero-order chi connectivity index (χ0) is 19.1. The summed E-state index contributed by atoms with van der Waals surface area (Å²) < 4.78 is 30.1. The highest BCUT2D eigenvalue weighted by Gasteiger charge is 2.28. The van der Waals surface area contributed by atoms with Crippen LogP contribution in [-0.2, 0) is 14.6 Å². The number of carbonyl (C=O) groups is 2. The molecule has 26 heavy (non-hydrogen) atoms. The molecular weight excluding hydrogens is 354 g/mol. The van der Waals surface area contributed by atoms with Crippen LogP contribution in [0.25, 0.3) is 0 Å². The van der Waals surface area contributed by atoms with Crippen LogP contribution in [-0.4, -0.2) is 37.6 Å². The zero-order valence-corrected chi connectivity index (χ0v) is 15.8. The molecule has 0 unspecified atom stereocenters. The summed E-state index contributed by atoms with van der Waals surface area (Å²) in [6.07, 6.45) is 3.35. The van der Waals surface area contributed by atoms with Crippen LogP contribution < -0.4 is 0 Å². The Morgan fingerprint density at radius 2 is 1.77 bits per heavy atom. The Hall–Kier alpha value is -2.41.